The highest BCUT2D eigenvalue weighted by Gasteiger charge is 2.20. The van der Waals surface area contributed by atoms with Crippen LogP contribution in [0.1, 0.15) is 36.7 Å². The van der Waals surface area contributed by atoms with Crippen molar-refractivity contribution in [3.05, 3.63) is 95.2 Å². The maximum atomic E-state index is 12.6. The second kappa shape index (κ2) is 9.63. The van der Waals surface area contributed by atoms with Gasteiger partial charge in [-0.2, -0.15) is 0 Å². The summed E-state index contributed by atoms with van der Waals surface area (Å²) in [6.07, 6.45) is 5.21. The van der Waals surface area contributed by atoms with Gasteiger partial charge in [0.05, 0.1) is 5.03 Å². The molecule has 0 aliphatic carbocycles. The van der Waals surface area contributed by atoms with Gasteiger partial charge in [0, 0.05) is 23.4 Å². The number of ketones is 1. The second-order valence-corrected chi connectivity index (χ2v) is 8.62. The van der Waals surface area contributed by atoms with E-state index in [1.54, 1.807) is 24.4 Å². The van der Waals surface area contributed by atoms with Crippen molar-refractivity contribution in [2.45, 2.75) is 26.2 Å². The molecule has 0 atom stereocenters. The zero-order chi connectivity index (χ0) is 21.6. The van der Waals surface area contributed by atoms with Crippen LogP contribution >= 0.6 is 11.8 Å². The van der Waals surface area contributed by atoms with Crippen molar-refractivity contribution in [1.82, 2.24) is 4.98 Å². The second-order valence-electron chi connectivity index (χ2n) is 7.77. The van der Waals surface area contributed by atoms with Gasteiger partial charge < -0.3 is 10.1 Å². The third-order valence-corrected chi connectivity index (χ3v) is 5.13. The van der Waals surface area contributed by atoms with E-state index in [4.69, 9.17) is 4.74 Å². The standard InChI is InChI=1S/C25H26N2O2S/c1-25(2,3)19-13-8-9-15-22(19)29-24-20(14-10-16-26-24)27-23(30-4)17-21(28)18-11-6-5-7-12-18/h5-17,27H,1-4H3/b23-17-. The fourth-order valence-electron chi connectivity index (χ4n) is 2.93. The summed E-state index contributed by atoms with van der Waals surface area (Å²) < 4.78 is 6.21. The number of nitrogens with zero attached hydrogens (tertiary/aromatic N) is 1. The smallest absolute Gasteiger partial charge is 0.243 e. The molecule has 3 rings (SSSR count). The molecule has 0 amide bonds. The normalized spacial score (nSPS) is 11.8. The number of para-hydroxylation sites is 1. The first-order valence-electron chi connectivity index (χ1n) is 9.73. The molecule has 0 unspecified atom stereocenters. The number of aromatic nitrogens is 1. The molecule has 2 aromatic carbocycles. The Kier molecular flexibility index (Phi) is 6.95. The number of rotatable bonds is 7. The summed E-state index contributed by atoms with van der Waals surface area (Å²) in [5.41, 5.74) is 2.38. The largest absolute Gasteiger partial charge is 0.437 e. The van der Waals surface area contributed by atoms with Gasteiger partial charge in [-0.15, -0.1) is 11.8 Å². The van der Waals surface area contributed by atoms with E-state index in [1.807, 2.05) is 54.8 Å². The first-order valence-corrected chi connectivity index (χ1v) is 11.0. The lowest BCUT2D eigenvalue weighted by molar-refractivity contribution is 0.104. The average Bonchev–Trinajstić information content (AvgIpc) is 2.74. The Morgan fingerprint density at radius 1 is 1.00 bits per heavy atom. The van der Waals surface area contributed by atoms with Crippen molar-refractivity contribution in [3.63, 3.8) is 0 Å². The van der Waals surface area contributed by atoms with Gasteiger partial charge in [0.1, 0.15) is 11.4 Å². The van der Waals surface area contributed by atoms with Crippen molar-refractivity contribution in [2.24, 2.45) is 0 Å². The van der Waals surface area contributed by atoms with Crippen LogP contribution in [0.15, 0.2) is 84.0 Å². The van der Waals surface area contributed by atoms with Crippen molar-refractivity contribution in [3.8, 4) is 11.6 Å². The van der Waals surface area contributed by atoms with Crippen LogP contribution in [-0.4, -0.2) is 17.0 Å². The number of ether oxygens (including phenoxy) is 1. The topological polar surface area (TPSA) is 51.2 Å². The van der Waals surface area contributed by atoms with E-state index in [0.717, 1.165) is 11.3 Å². The highest BCUT2D eigenvalue weighted by Crippen LogP contribution is 2.36. The van der Waals surface area contributed by atoms with Gasteiger partial charge in [0.25, 0.3) is 0 Å². The van der Waals surface area contributed by atoms with Crippen molar-refractivity contribution in [1.29, 1.82) is 0 Å². The van der Waals surface area contributed by atoms with E-state index in [2.05, 4.69) is 37.1 Å². The number of hydrogen-bond donors (Lipinski definition) is 1. The molecule has 0 radical (unpaired) electrons. The summed E-state index contributed by atoms with van der Waals surface area (Å²) in [5, 5.41) is 4.01. The molecular formula is C25H26N2O2S. The van der Waals surface area contributed by atoms with Gasteiger partial charge in [-0.3, -0.25) is 4.79 Å². The predicted octanol–water partition coefficient (Wildman–Crippen LogP) is 6.67. The third kappa shape index (κ3) is 5.51. The van der Waals surface area contributed by atoms with E-state index >= 15 is 0 Å². The number of allylic oxidation sites excluding steroid dienone is 1. The number of carbonyl (C=O) groups excluding carboxylic acids is 1. The van der Waals surface area contributed by atoms with E-state index in [9.17, 15) is 4.79 Å². The van der Waals surface area contributed by atoms with E-state index in [-0.39, 0.29) is 11.2 Å². The lowest BCUT2D eigenvalue weighted by Gasteiger charge is -2.23. The minimum Gasteiger partial charge on any atom is -0.437 e. The number of thioether (sulfide) groups is 1. The highest BCUT2D eigenvalue weighted by atomic mass is 32.2. The first kappa shape index (κ1) is 21.7. The number of pyridine rings is 1. The molecule has 5 heteroatoms. The molecule has 1 aromatic heterocycles. The van der Waals surface area contributed by atoms with Crippen LogP contribution in [0.25, 0.3) is 0 Å². The Morgan fingerprint density at radius 2 is 1.70 bits per heavy atom. The van der Waals surface area contributed by atoms with Gasteiger partial charge in [0.2, 0.25) is 5.88 Å². The molecule has 154 valence electrons. The number of hydrogen-bond acceptors (Lipinski definition) is 5. The van der Waals surface area contributed by atoms with Crippen LogP contribution in [0.3, 0.4) is 0 Å². The van der Waals surface area contributed by atoms with Gasteiger partial charge in [-0.1, -0.05) is 69.3 Å². The van der Waals surface area contributed by atoms with E-state index in [0.29, 0.717) is 22.2 Å². The van der Waals surface area contributed by atoms with Crippen LogP contribution in [0.5, 0.6) is 11.6 Å². The summed E-state index contributed by atoms with van der Waals surface area (Å²) in [5.74, 6) is 1.17. The van der Waals surface area contributed by atoms with Crippen LogP contribution in [0.2, 0.25) is 0 Å². The van der Waals surface area contributed by atoms with Gasteiger partial charge in [0.15, 0.2) is 5.78 Å². The molecule has 30 heavy (non-hydrogen) atoms. The van der Waals surface area contributed by atoms with Crippen molar-refractivity contribution in [2.75, 3.05) is 11.6 Å². The summed E-state index contributed by atoms with van der Waals surface area (Å²) in [6, 6.07) is 20.9. The molecular weight excluding hydrogens is 392 g/mol. The summed E-state index contributed by atoms with van der Waals surface area (Å²) in [7, 11) is 0. The Morgan fingerprint density at radius 3 is 2.40 bits per heavy atom. The lowest BCUT2D eigenvalue weighted by atomic mass is 9.86. The fourth-order valence-corrected chi connectivity index (χ4v) is 3.37. The van der Waals surface area contributed by atoms with Crippen molar-refractivity contribution < 1.29 is 9.53 Å². The Bertz CT molecular complexity index is 1040. The molecule has 0 spiro atoms. The van der Waals surface area contributed by atoms with Gasteiger partial charge in [-0.25, -0.2) is 4.98 Å². The molecule has 0 bridgehead atoms. The van der Waals surface area contributed by atoms with Gasteiger partial charge in [-0.05, 0) is 29.9 Å². The molecule has 0 aliphatic rings. The zero-order valence-corrected chi connectivity index (χ0v) is 18.5. The van der Waals surface area contributed by atoms with Crippen LogP contribution < -0.4 is 10.1 Å². The molecule has 0 saturated carbocycles. The van der Waals surface area contributed by atoms with E-state index in [1.165, 1.54) is 11.8 Å². The summed E-state index contributed by atoms with van der Waals surface area (Å²) in [4.78, 5) is 17.0. The highest BCUT2D eigenvalue weighted by molar-refractivity contribution is 8.02. The Labute approximate surface area is 182 Å². The molecule has 3 aromatic rings. The quantitative estimate of drug-likeness (QED) is 0.343. The molecule has 0 fully saturated rings. The average molecular weight is 419 g/mol. The number of anilines is 1. The van der Waals surface area contributed by atoms with Crippen molar-refractivity contribution >= 4 is 23.2 Å². The number of benzene rings is 2. The lowest BCUT2D eigenvalue weighted by Crippen LogP contribution is -2.12. The predicted molar refractivity (Wildman–Crippen MR) is 125 cm³/mol. The summed E-state index contributed by atoms with van der Waals surface area (Å²) >= 11 is 1.46. The summed E-state index contributed by atoms with van der Waals surface area (Å²) in [6.45, 7) is 6.45. The maximum Gasteiger partial charge on any atom is 0.243 e. The zero-order valence-electron chi connectivity index (χ0n) is 17.7. The van der Waals surface area contributed by atoms with Crippen LogP contribution in [0.4, 0.5) is 5.69 Å². The fraction of sp³-hybridized carbons (Fsp3) is 0.200. The molecule has 0 saturated heterocycles. The number of nitrogens with one attached hydrogen (secondary N) is 1. The maximum absolute atomic E-state index is 12.6. The number of carbonyl (C=O) groups is 1. The van der Waals surface area contributed by atoms with Crippen LogP contribution in [-0.2, 0) is 5.41 Å². The molecule has 0 aliphatic heterocycles. The van der Waals surface area contributed by atoms with Gasteiger partial charge >= 0.3 is 0 Å². The Balaban J connectivity index is 1.87. The third-order valence-electron chi connectivity index (χ3n) is 4.47. The minimum atomic E-state index is -0.0641. The SMILES string of the molecule is CS/C(=C\C(=O)c1ccccc1)Nc1cccnc1Oc1ccccc1C(C)(C)C. The van der Waals surface area contributed by atoms with E-state index < -0.39 is 0 Å². The minimum absolute atomic E-state index is 0.0584. The molecule has 1 N–H and O–H groups in total. The molecule has 4 nitrogen and oxygen atoms in total. The van der Waals surface area contributed by atoms with Crippen LogP contribution in [0, 0.1) is 0 Å². The molecule has 1 heterocycles. The Hall–Kier alpha value is -3.05. The first-order chi connectivity index (χ1) is 14.4. The monoisotopic (exact) mass is 418 g/mol.